The third-order valence-electron chi connectivity index (χ3n) is 2.53. The summed E-state index contributed by atoms with van der Waals surface area (Å²) in [6, 6.07) is 6.17. The molecule has 0 spiro atoms. The number of anilines is 2. The molecular weight excluding hydrogens is 228 g/mol. The maximum atomic E-state index is 6.01. The highest BCUT2D eigenvalue weighted by molar-refractivity contribution is 5.99. The second kappa shape index (κ2) is 4.68. The van der Waals surface area contributed by atoms with Crippen molar-refractivity contribution in [2.75, 3.05) is 24.7 Å². The van der Waals surface area contributed by atoms with Gasteiger partial charge in [0.05, 0.1) is 17.0 Å². The molecule has 2 N–H and O–H groups in total. The number of nitrogens with zero attached hydrogens (tertiary/aromatic N) is 3. The van der Waals surface area contributed by atoms with E-state index in [1.165, 1.54) is 0 Å². The molecule has 18 heavy (non-hydrogen) atoms. The van der Waals surface area contributed by atoms with Gasteiger partial charge in [0.2, 0.25) is 0 Å². The lowest BCUT2D eigenvalue weighted by molar-refractivity contribution is 0.223. The first kappa shape index (κ1) is 12.4. The van der Waals surface area contributed by atoms with Crippen molar-refractivity contribution in [3.63, 3.8) is 0 Å². The van der Waals surface area contributed by atoms with Crippen molar-refractivity contribution in [1.29, 1.82) is 0 Å². The van der Waals surface area contributed by atoms with E-state index in [0.717, 1.165) is 16.6 Å². The van der Waals surface area contributed by atoms with E-state index in [2.05, 4.69) is 9.97 Å². The molecule has 0 bridgehead atoms. The molecule has 0 aliphatic heterocycles. The molecule has 0 radical (unpaired) electrons. The van der Waals surface area contributed by atoms with Gasteiger partial charge in [-0.15, -0.1) is 0 Å². The highest BCUT2D eigenvalue weighted by Gasteiger charge is 2.11. The first-order valence-electron chi connectivity index (χ1n) is 5.89. The van der Waals surface area contributed by atoms with Crippen LogP contribution in [-0.2, 0) is 0 Å². The molecule has 0 fully saturated rings. The third-order valence-corrected chi connectivity index (χ3v) is 2.53. The summed E-state index contributed by atoms with van der Waals surface area (Å²) in [4.78, 5) is 10.6. The van der Waals surface area contributed by atoms with Crippen molar-refractivity contribution in [3.8, 4) is 6.01 Å². The molecule has 1 heterocycles. The van der Waals surface area contributed by atoms with E-state index in [9.17, 15) is 0 Å². The molecular formula is C13H18N4O. The fourth-order valence-electron chi connectivity index (χ4n) is 1.81. The minimum atomic E-state index is 0.0267. The number of benzene rings is 1. The van der Waals surface area contributed by atoms with Crippen LogP contribution in [0.1, 0.15) is 13.8 Å². The van der Waals surface area contributed by atoms with E-state index in [-0.39, 0.29) is 6.10 Å². The van der Waals surface area contributed by atoms with E-state index in [1.54, 1.807) is 0 Å². The molecule has 0 amide bonds. The van der Waals surface area contributed by atoms with E-state index in [1.807, 2.05) is 51.0 Å². The van der Waals surface area contributed by atoms with Crippen LogP contribution in [0, 0.1) is 0 Å². The monoisotopic (exact) mass is 246 g/mol. The minimum absolute atomic E-state index is 0.0267. The van der Waals surface area contributed by atoms with E-state index in [4.69, 9.17) is 10.5 Å². The molecule has 5 nitrogen and oxygen atoms in total. The standard InChI is InChI=1S/C13H18N4O/c1-8(2)18-13-15-9-6-5-7-10(17(3)4)11(9)12(14)16-13/h5-8H,1-4H3,(H2,14,15,16). The summed E-state index contributed by atoms with van der Waals surface area (Å²) in [6.07, 6.45) is 0.0267. The lowest BCUT2D eigenvalue weighted by Crippen LogP contribution is -2.12. The first-order chi connectivity index (χ1) is 8.49. The zero-order chi connectivity index (χ0) is 13.3. The van der Waals surface area contributed by atoms with Crippen LogP contribution in [0.5, 0.6) is 6.01 Å². The summed E-state index contributed by atoms with van der Waals surface area (Å²) >= 11 is 0. The Labute approximate surface area is 107 Å². The van der Waals surface area contributed by atoms with Gasteiger partial charge >= 0.3 is 6.01 Å². The smallest absolute Gasteiger partial charge is 0.319 e. The van der Waals surface area contributed by atoms with Gasteiger partial charge in [-0.05, 0) is 26.0 Å². The van der Waals surface area contributed by atoms with Gasteiger partial charge < -0.3 is 15.4 Å². The fourth-order valence-corrected chi connectivity index (χ4v) is 1.81. The van der Waals surface area contributed by atoms with Crippen LogP contribution in [-0.4, -0.2) is 30.2 Å². The summed E-state index contributed by atoms with van der Waals surface area (Å²) in [5.41, 5.74) is 7.81. The molecule has 2 rings (SSSR count). The number of nitrogens with two attached hydrogens (primary N) is 1. The van der Waals surface area contributed by atoms with Gasteiger partial charge in [-0.2, -0.15) is 9.97 Å². The lowest BCUT2D eigenvalue weighted by Gasteiger charge is -2.16. The van der Waals surface area contributed by atoms with Crippen molar-refractivity contribution in [3.05, 3.63) is 18.2 Å². The SMILES string of the molecule is CC(C)Oc1nc(N)c2c(N(C)C)cccc2n1. The number of rotatable bonds is 3. The number of hydrogen-bond acceptors (Lipinski definition) is 5. The fraction of sp³-hybridized carbons (Fsp3) is 0.385. The Morgan fingerprint density at radius 3 is 2.56 bits per heavy atom. The van der Waals surface area contributed by atoms with Crippen LogP contribution in [0.15, 0.2) is 18.2 Å². The number of nitrogen functional groups attached to an aromatic ring is 1. The van der Waals surface area contributed by atoms with Crippen molar-refractivity contribution in [1.82, 2.24) is 9.97 Å². The van der Waals surface area contributed by atoms with Crippen LogP contribution in [0.2, 0.25) is 0 Å². The Kier molecular flexibility index (Phi) is 3.23. The van der Waals surface area contributed by atoms with Crippen molar-refractivity contribution >= 4 is 22.4 Å². The summed E-state index contributed by atoms with van der Waals surface area (Å²) < 4.78 is 5.49. The molecule has 1 aromatic carbocycles. The van der Waals surface area contributed by atoms with Crippen LogP contribution in [0.3, 0.4) is 0 Å². The second-order valence-corrected chi connectivity index (χ2v) is 4.62. The molecule has 0 atom stereocenters. The lowest BCUT2D eigenvalue weighted by atomic mass is 10.2. The first-order valence-corrected chi connectivity index (χ1v) is 5.89. The topological polar surface area (TPSA) is 64.3 Å². The highest BCUT2D eigenvalue weighted by atomic mass is 16.5. The molecule has 0 saturated heterocycles. The summed E-state index contributed by atoms with van der Waals surface area (Å²) in [5, 5.41) is 0.860. The second-order valence-electron chi connectivity index (χ2n) is 4.62. The molecule has 0 aliphatic rings. The number of hydrogen-bond donors (Lipinski definition) is 1. The van der Waals surface area contributed by atoms with Crippen molar-refractivity contribution in [2.45, 2.75) is 20.0 Å². The average Bonchev–Trinajstić information content (AvgIpc) is 2.26. The molecule has 2 aromatic rings. The Balaban J connectivity index is 2.61. The predicted molar refractivity (Wildman–Crippen MR) is 74.0 cm³/mol. The normalized spacial score (nSPS) is 10.9. The molecule has 5 heteroatoms. The van der Waals surface area contributed by atoms with Crippen molar-refractivity contribution < 1.29 is 4.74 Å². The molecule has 1 aromatic heterocycles. The van der Waals surface area contributed by atoms with E-state index >= 15 is 0 Å². The Bertz CT molecular complexity index is 566. The molecule has 0 unspecified atom stereocenters. The summed E-state index contributed by atoms with van der Waals surface area (Å²) in [5.74, 6) is 0.444. The molecule has 0 aliphatic carbocycles. The summed E-state index contributed by atoms with van der Waals surface area (Å²) in [6.45, 7) is 3.86. The maximum absolute atomic E-state index is 6.01. The Hall–Kier alpha value is -2.04. The molecule has 96 valence electrons. The van der Waals surface area contributed by atoms with Crippen LogP contribution >= 0.6 is 0 Å². The quantitative estimate of drug-likeness (QED) is 0.898. The zero-order valence-electron chi connectivity index (χ0n) is 11.1. The Morgan fingerprint density at radius 1 is 1.22 bits per heavy atom. The van der Waals surface area contributed by atoms with Crippen molar-refractivity contribution in [2.24, 2.45) is 0 Å². The minimum Gasteiger partial charge on any atom is -0.461 e. The maximum Gasteiger partial charge on any atom is 0.319 e. The number of aromatic nitrogens is 2. The van der Waals surface area contributed by atoms with Gasteiger partial charge in [0, 0.05) is 19.8 Å². The summed E-state index contributed by atoms with van der Waals surface area (Å²) in [7, 11) is 3.93. The van der Waals surface area contributed by atoms with Gasteiger partial charge in [-0.3, -0.25) is 0 Å². The van der Waals surface area contributed by atoms with Gasteiger partial charge in [-0.25, -0.2) is 0 Å². The third kappa shape index (κ3) is 2.30. The van der Waals surface area contributed by atoms with Crippen LogP contribution in [0.4, 0.5) is 11.5 Å². The zero-order valence-corrected chi connectivity index (χ0v) is 11.1. The van der Waals surface area contributed by atoms with Gasteiger partial charge in [0.25, 0.3) is 0 Å². The van der Waals surface area contributed by atoms with Gasteiger partial charge in [-0.1, -0.05) is 6.07 Å². The van der Waals surface area contributed by atoms with E-state index in [0.29, 0.717) is 11.8 Å². The Morgan fingerprint density at radius 2 is 1.94 bits per heavy atom. The number of fused-ring (bicyclic) bond motifs is 1. The van der Waals surface area contributed by atoms with Gasteiger partial charge in [0.15, 0.2) is 0 Å². The number of ether oxygens (including phenoxy) is 1. The van der Waals surface area contributed by atoms with Crippen LogP contribution < -0.4 is 15.4 Å². The van der Waals surface area contributed by atoms with E-state index < -0.39 is 0 Å². The predicted octanol–water partition coefficient (Wildman–Crippen LogP) is 2.07. The van der Waals surface area contributed by atoms with Crippen LogP contribution in [0.25, 0.3) is 10.9 Å². The largest absolute Gasteiger partial charge is 0.461 e. The average molecular weight is 246 g/mol. The highest BCUT2D eigenvalue weighted by Crippen LogP contribution is 2.29. The van der Waals surface area contributed by atoms with Gasteiger partial charge in [0.1, 0.15) is 5.82 Å². The molecule has 0 saturated carbocycles.